The van der Waals surface area contributed by atoms with Crippen molar-refractivity contribution in [3.8, 4) is 11.8 Å². The second-order valence-electron chi connectivity index (χ2n) is 7.17. The minimum atomic E-state index is 0.727. The number of nitrogens with zero attached hydrogens (tertiary/aromatic N) is 3. The SMILES string of the molecule is COc1ccccc1CN1CCCCCN1c1ccc(C#N)c2ccccc12. The summed E-state index contributed by atoms with van der Waals surface area (Å²) in [6.45, 7) is 2.79. The number of rotatable bonds is 4. The van der Waals surface area contributed by atoms with E-state index in [-0.39, 0.29) is 0 Å². The van der Waals surface area contributed by atoms with Gasteiger partial charge in [-0.15, -0.1) is 0 Å². The molecule has 1 aliphatic heterocycles. The van der Waals surface area contributed by atoms with E-state index in [2.05, 4.69) is 46.4 Å². The first kappa shape index (κ1) is 18.3. The Balaban J connectivity index is 1.76. The molecule has 1 aliphatic rings. The van der Waals surface area contributed by atoms with Gasteiger partial charge in [0.05, 0.1) is 24.4 Å². The van der Waals surface area contributed by atoms with Crippen LogP contribution in [0.2, 0.25) is 0 Å². The molecule has 0 amide bonds. The average molecular weight is 371 g/mol. The number of anilines is 1. The molecule has 0 spiro atoms. The highest BCUT2D eigenvalue weighted by molar-refractivity contribution is 5.97. The van der Waals surface area contributed by atoms with Gasteiger partial charge in [0.2, 0.25) is 0 Å². The van der Waals surface area contributed by atoms with Gasteiger partial charge in [-0.05, 0) is 31.0 Å². The van der Waals surface area contributed by atoms with Crippen LogP contribution < -0.4 is 9.75 Å². The minimum Gasteiger partial charge on any atom is -0.496 e. The molecule has 4 nitrogen and oxygen atoms in total. The van der Waals surface area contributed by atoms with E-state index in [1.165, 1.54) is 24.1 Å². The van der Waals surface area contributed by atoms with Crippen molar-refractivity contribution in [1.82, 2.24) is 5.01 Å². The maximum absolute atomic E-state index is 9.50. The van der Waals surface area contributed by atoms with E-state index in [1.54, 1.807) is 7.11 Å². The Morgan fingerprint density at radius 1 is 0.893 bits per heavy atom. The lowest BCUT2D eigenvalue weighted by Gasteiger charge is -2.36. The lowest BCUT2D eigenvalue weighted by molar-refractivity contribution is 0.249. The molecule has 0 radical (unpaired) electrons. The lowest BCUT2D eigenvalue weighted by atomic mass is 10.0. The van der Waals surface area contributed by atoms with E-state index in [9.17, 15) is 5.26 Å². The van der Waals surface area contributed by atoms with E-state index in [0.717, 1.165) is 48.1 Å². The predicted octanol–water partition coefficient (Wildman–Crippen LogP) is 5.13. The first-order chi connectivity index (χ1) is 13.8. The Hall–Kier alpha value is -3.03. The first-order valence-corrected chi connectivity index (χ1v) is 9.88. The van der Waals surface area contributed by atoms with Crippen LogP contribution in [-0.4, -0.2) is 25.2 Å². The summed E-state index contributed by atoms with van der Waals surface area (Å²) in [5, 5.41) is 16.5. The van der Waals surface area contributed by atoms with Crippen LogP contribution in [0.25, 0.3) is 10.8 Å². The van der Waals surface area contributed by atoms with Crippen LogP contribution in [0.15, 0.2) is 60.7 Å². The maximum Gasteiger partial charge on any atom is 0.123 e. The molecule has 1 saturated heterocycles. The molecule has 0 bridgehead atoms. The lowest BCUT2D eigenvalue weighted by Crippen LogP contribution is -2.42. The zero-order chi connectivity index (χ0) is 19.3. The highest BCUT2D eigenvalue weighted by Crippen LogP contribution is 2.33. The van der Waals surface area contributed by atoms with Crippen LogP contribution >= 0.6 is 0 Å². The Kier molecular flexibility index (Phi) is 5.45. The second kappa shape index (κ2) is 8.33. The van der Waals surface area contributed by atoms with Crippen LogP contribution in [0.1, 0.15) is 30.4 Å². The van der Waals surface area contributed by atoms with Gasteiger partial charge in [0.1, 0.15) is 5.75 Å². The van der Waals surface area contributed by atoms with Crippen molar-refractivity contribution in [1.29, 1.82) is 5.26 Å². The van der Waals surface area contributed by atoms with Crippen molar-refractivity contribution < 1.29 is 4.74 Å². The van der Waals surface area contributed by atoms with Crippen LogP contribution in [-0.2, 0) is 6.54 Å². The van der Waals surface area contributed by atoms with Gasteiger partial charge in [0, 0.05) is 36.0 Å². The number of hydrogen-bond donors (Lipinski definition) is 0. The molecule has 4 rings (SSSR count). The standard InChI is InChI=1S/C24H25N3O/c1-28-24-12-6-3-9-20(24)18-26-15-7-2-8-16-27(26)23-14-13-19(17-25)21-10-4-5-11-22(21)23/h3-6,9-14H,2,7-8,15-16,18H2,1H3. The monoisotopic (exact) mass is 371 g/mol. The molecule has 0 N–H and O–H groups in total. The van der Waals surface area contributed by atoms with E-state index in [0.29, 0.717) is 0 Å². The van der Waals surface area contributed by atoms with Crippen LogP contribution in [0.3, 0.4) is 0 Å². The van der Waals surface area contributed by atoms with Gasteiger partial charge in [0.15, 0.2) is 0 Å². The quantitative estimate of drug-likeness (QED) is 0.637. The fourth-order valence-electron chi connectivity index (χ4n) is 4.07. The Bertz CT molecular complexity index is 1010. The van der Waals surface area contributed by atoms with Crippen molar-refractivity contribution in [2.45, 2.75) is 25.8 Å². The molecule has 0 saturated carbocycles. The van der Waals surface area contributed by atoms with Crippen molar-refractivity contribution >= 4 is 16.5 Å². The van der Waals surface area contributed by atoms with Gasteiger partial charge in [-0.3, -0.25) is 0 Å². The first-order valence-electron chi connectivity index (χ1n) is 9.88. The molecule has 0 aliphatic carbocycles. The molecular weight excluding hydrogens is 346 g/mol. The topological polar surface area (TPSA) is 39.5 Å². The van der Waals surface area contributed by atoms with Gasteiger partial charge < -0.3 is 9.75 Å². The summed E-state index contributed by atoms with van der Waals surface area (Å²) < 4.78 is 5.58. The number of ether oxygens (including phenoxy) is 1. The van der Waals surface area contributed by atoms with E-state index in [4.69, 9.17) is 4.74 Å². The molecule has 28 heavy (non-hydrogen) atoms. The number of hydrogen-bond acceptors (Lipinski definition) is 4. The summed E-state index contributed by atoms with van der Waals surface area (Å²) in [7, 11) is 1.73. The normalized spacial score (nSPS) is 15.2. The number of hydrazine groups is 1. The van der Waals surface area contributed by atoms with Gasteiger partial charge in [-0.25, -0.2) is 5.01 Å². The van der Waals surface area contributed by atoms with E-state index in [1.807, 2.05) is 30.3 Å². The molecule has 0 aromatic heterocycles. The summed E-state index contributed by atoms with van der Waals surface area (Å²) in [5.74, 6) is 0.927. The highest BCUT2D eigenvalue weighted by atomic mass is 16.5. The van der Waals surface area contributed by atoms with E-state index < -0.39 is 0 Å². The van der Waals surface area contributed by atoms with Crippen molar-refractivity contribution in [2.24, 2.45) is 0 Å². The summed E-state index contributed by atoms with van der Waals surface area (Å²) in [6.07, 6.45) is 3.57. The Morgan fingerprint density at radius 2 is 1.64 bits per heavy atom. The fraction of sp³-hybridized carbons (Fsp3) is 0.292. The maximum atomic E-state index is 9.50. The summed E-state index contributed by atoms with van der Waals surface area (Å²) >= 11 is 0. The zero-order valence-electron chi connectivity index (χ0n) is 16.3. The largest absolute Gasteiger partial charge is 0.496 e. The molecule has 3 aromatic carbocycles. The van der Waals surface area contributed by atoms with Gasteiger partial charge in [-0.2, -0.15) is 5.26 Å². The predicted molar refractivity (Wildman–Crippen MR) is 113 cm³/mol. The minimum absolute atomic E-state index is 0.727. The highest BCUT2D eigenvalue weighted by Gasteiger charge is 2.22. The summed E-state index contributed by atoms with van der Waals surface area (Å²) in [6, 6.07) is 22.8. The molecule has 142 valence electrons. The van der Waals surface area contributed by atoms with Crippen LogP contribution in [0.5, 0.6) is 5.75 Å². The molecule has 1 heterocycles. The number of fused-ring (bicyclic) bond motifs is 1. The van der Waals surface area contributed by atoms with E-state index >= 15 is 0 Å². The molecule has 1 fully saturated rings. The number of para-hydroxylation sites is 1. The van der Waals surface area contributed by atoms with Crippen molar-refractivity contribution in [2.75, 3.05) is 25.2 Å². The van der Waals surface area contributed by atoms with Crippen LogP contribution in [0, 0.1) is 11.3 Å². The van der Waals surface area contributed by atoms with Gasteiger partial charge in [0.25, 0.3) is 0 Å². The second-order valence-corrected chi connectivity index (χ2v) is 7.17. The fourth-order valence-corrected chi connectivity index (χ4v) is 4.07. The molecule has 4 heteroatoms. The summed E-state index contributed by atoms with van der Waals surface area (Å²) in [4.78, 5) is 0. The Labute approximate surface area is 166 Å². The third kappa shape index (κ3) is 3.54. The molecular formula is C24H25N3O. The third-order valence-electron chi connectivity index (χ3n) is 5.47. The van der Waals surface area contributed by atoms with Crippen molar-refractivity contribution in [3.63, 3.8) is 0 Å². The third-order valence-corrected chi connectivity index (χ3v) is 5.47. The molecule has 3 aromatic rings. The smallest absolute Gasteiger partial charge is 0.123 e. The molecule has 0 atom stereocenters. The number of methoxy groups -OCH3 is 1. The Morgan fingerprint density at radius 3 is 2.46 bits per heavy atom. The number of nitriles is 1. The van der Waals surface area contributed by atoms with Crippen LogP contribution in [0.4, 0.5) is 5.69 Å². The van der Waals surface area contributed by atoms with Gasteiger partial charge in [-0.1, -0.05) is 48.9 Å². The number of benzene rings is 3. The van der Waals surface area contributed by atoms with Gasteiger partial charge >= 0.3 is 0 Å². The molecule has 0 unspecified atom stereocenters. The zero-order valence-corrected chi connectivity index (χ0v) is 16.3. The average Bonchev–Trinajstić information content (AvgIpc) is 2.98. The summed E-state index contributed by atoms with van der Waals surface area (Å²) in [5.41, 5.74) is 3.09. The van der Waals surface area contributed by atoms with Crippen molar-refractivity contribution in [3.05, 3.63) is 71.8 Å².